The lowest BCUT2D eigenvalue weighted by Crippen LogP contribution is -2.53. The van der Waals surface area contributed by atoms with E-state index < -0.39 is 0 Å². The number of rotatable bonds is 5. The van der Waals surface area contributed by atoms with Crippen molar-refractivity contribution in [2.45, 2.75) is 57.2 Å². The molecule has 23 heavy (non-hydrogen) atoms. The monoisotopic (exact) mass is 316 g/mol. The summed E-state index contributed by atoms with van der Waals surface area (Å²) in [5, 5.41) is 3.60. The van der Waals surface area contributed by atoms with Gasteiger partial charge in [-0.1, -0.05) is 30.3 Å². The van der Waals surface area contributed by atoms with Crippen LogP contribution in [0.5, 0.6) is 0 Å². The molecular weight excluding hydrogens is 288 g/mol. The van der Waals surface area contributed by atoms with Gasteiger partial charge in [0.2, 0.25) is 5.91 Å². The van der Waals surface area contributed by atoms with Crippen molar-refractivity contribution in [2.75, 3.05) is 19.7 Å². The third kappa shape index (κ3) is 4.33. The first-order valence-corrected chi connectivity index (χ1v) is 8.94. The van der Waals surface area contributed by atoms with Crippen LogP contribution in [0.4, 0.5) is 0 Å². The lowest BCUT2D eigenvalue weighted by molar-refractivity contribution is -0.134. The normalized spacial score (nSPS) is 26.2. The number of ether oxygens (including phenoxy) is 1. The van der Waals surface area contributed by atoms with Gasteiger partial charge < -0.3 is 15.0 Å². The molecule has 1 amide bonds. The Bertz CT molecular complexity index is 499. The third-order valence-electron chi connectivity index (χ3n) is 5.04. The average molecular weight is 316 g/mol. The first-order chi connectivity index (χ1) is 11.2. The van der Waals surface area contributed by atoms with Gasteiger partial charge in [-0.2, -0.15) is 0 Å². The first kappa shape index (κ1) is 16.5. The molecule has 1 aromatic carbocycles. The number of hydrogen-bond acceptors (Lipinski definition) is 3. The molecule has 0 spiro atoms. The smallest absolute Gasteiger partial charge is 0.240 e. The molecule has 2 aliphatic rings. The summed E-state index contributed by atoms with van der Waals surface area (Å²) in [6.07, 6.45) is 5.43. The average Bonchev–Trinajstić information content (AvgIpc) is 3.00. The van der Waals surface area contributed by atoms with Crippen molar-refractivity contribution in [3.8, 4) is 0 Å². The zero-order valence-electron chi connectivity index (χ0n) is 14.0. The van der Waals surface area contributed by atoms with Crippen molar-refractivity contribution in [3.05, 3.63) is 35.9 Å². The van der Waals surface area contributed by atoms with E-state index in [0.29, 0.717) is 0 Å². The van der Waals surface area contributed by atoms with E-state index in [1.165, 1.54) is 12.0 Å². The second kappa shape index (κ2) is 7.93. The van der Waals surface area contributed by atoms with Crippen LogP contribution in [-0.2, 0) is 16.0 Å². The number of benzene rings is 1. The molecule has 0 aromatic heterocycles. The van der Waals surface area contributed by atoms with Gasteiger partial charge in [-0.05, 0) is 44.6 Å². The predicted octanol–water partition coefficient (Wildman–Crippen LogP) is 2.38. The predicted molar refractivity (Wildman–Crippen MR) is 91.3 cm³/mol. The van der Waals surface area contributed by atoms with Gasteiger partial charge in [0.05, 0.1) is 12.1 Å². The Kier molecular flexibility index (Phi) is 5.68. The van der Waals surface area contributed by atoms with Crippen LogP contribution >= 0.6 is 0 Å². The zero-order chi connectivity index (χ0) is 16.1. The molecule has 3 atom stereocenters. The van der Waals surface area contributed by atoms with Crippen LogP contribution < -0.4 is 5.32 Å². The summed E-state index contributed by atoms with van der Waals surface area (Å²) in [4.78, 5) is 15.1. The number of nitrogens with one attached hydrogen (secondary N) is 1. The summed E-state index contributed by atoms with van der Waals surface area (Å²) in [5.74, 6) is 0.257. The molecular formula is C19H28N2O2. The molecule has 2 heterocycles. The van der Waals surface area contributed by atoms with Gasteiger partial charge in [0.15, 0.2) is 0 Å². The quantitative estimate of drug-likeness (QED) is 0.907. The number of hydrogen-bond donors (Lipinski definition) is 1. The van der Waals surface area contributed by atoms with E-state index >= 15 is 0 Å². The molecule has 2 fully saturated rings. The van der Waals surface area contributed by atoms with Crippen LogP contribution in [0.3, 0.4) is 0 Å². The molecule has 1 aromatic rings. The van der Waals surface area contributed by atoms with Crippen molar-refractivity contribution in [2.24, 2.45) is 0 Å². The van der Waals surface area contributed by atoms with Gasteiger partial charge in [0.25, 0.3) is 0 Å². The molecule has 1 N–H and O–H groups in total. The number of carbonyl (C=O) groups is 1. The Morgan fingerprint density at radius 2 is 2.00 bits per heavy atom. The van der Waals surface area contributed by atoms with Crippen LogP contribution in [-0.4, -0.2) is 48.7 Å². The highest BCUT2D eigenvalue weighted by Crippen LogP contribution is 2.17. The molecule has 126 valence electrons. The van der Waals surface area contributed by atoms with E-state index in [4.69, 9.17) is 4.74 Å². The highest BCUT2D eigenvalue weighted by atomic mass is 16.5. The van der Waals surface area contributed by atoms with Crippen molar-refractivity contribution < 1.29 is 9.53 Å². The second-order valence-corrected chi connectivity index (χ2v) is 6.77. The highest BCUT2D eigenvalue weighted by molar-refractivity contribution is 5.82. The van der Waals surface area contributed by atoms with Crippen LogP contribution in [0.1, 0.15) is 38.2 Å². The van der Waals surface area contributed by atoms with Gasteiger partial charge >= 0.3 is 0 Å². The van der Waals surface area contributed by atoms with E-state index in [1.807, 2.05) is 23.1 Å². The molecule has 3 rings (SSSR count). The van der Waals surface area contributed by atoms with Gasteiger partial charge in [-0.25, -0.2) is 0 Å². The zero-order valence-corrected chi connectivity index (χ0v) is 14.0. The molecule has 0 unspecified atom stereocenters. The molecule has 4 heteroatoms. The van der Waals surface area contributed by atoms with Crippen molar-refractivity contribution in [3.63, 3.8) is 0 Å². The highest BCUT2D eigenvalue weighted by Gasteiger charge is 2.31. The summed E-state index contributed by atoms with van der Waals surface area (Å²) >= 11 is 0. The number of piperidine rings is 1. The molecule has 0 bridgehead atoms. The molecule has 4 nitrogen and oxygen atoms in total. The minimum atomic E-state index is -0.148. The topological polar surface area (TPSA) is 41.6 Å². The van der Waals surface area contributed by atoms with E-state index in [2.05, 4.69) is 24.4 Å². The Morgan fingerprint density at radius 3 is 2.65 bits per heavy atom. The van der Waals surface area contributed by atoms with Crippen molar-refractivity contribution in [1.82, 2.24) is 10.2 Å². The molecule has 0 aliphatic carbocycles. The summed E-state index contributed by atoms with van der Waals surface area (Å²) in [6.45, 7) is 4.69. The summed E-state index contributed by atoms with van der Waals surface area (Å²) in [5.41, 5.74) is 1.21. The fraction of sp³-hybridized carbons (Fsp3) is 0.632. The minimum Gasteiger partial charge on any atom is -0.377 e. The maximum absolute atomic E-state index is 13.0. The van der Waals surface area contributed by atoms with Crippen LogP contribution in [0, 0.1) is 0 Å². The third-order valence-corrected chi connectivity index (χ3v) is 5.04. The fourth-order valence-electron chi connectivity index (χ4n) is 3.61. The Morgan fingerprint density at radius 1 is 1.26 bits per heavy atom. The Balaban J connectivity index is 1.70. The summed E-state index contributed by atoms with van der Waals surface area (Å²) in [7, 11) is 0. The van der Waals surface area contributed by atoms with E-state index in [1.54, 1.807) is 0 Å². The fourth-order valence-corrected chi connectivity index (χ4v) is 3.61. The van der Waals surface area contributed by atoms with Gasteiger partial charge in [0, 0.05) is 25.7 Å². The standard InChI is InChI=1S/C19H28N2O2/c1-15-17(10-13-23-15)20-18(14-16-8-4-2-5-9-16)19(22)21-11-6-3-7-12-21/h2,4-5,8-9,15,17-18,20H,3,6-7,10-14H2,1H3/t15-,17+,18+/m0/s1. The number of likely N-dealkylation sites (tertiary alicyclic amines) is 1. The van der Waals surface area contributed by atoms with Crippen LogP contribution in [0.2, 0.25) is 0 Å². The Labute approximate surface area is 139 Å². The van der Waals surface area contributed by atoms with E-state index in [9.17, 15) is 4.79 Å². The number of amides is 1. The summed E-state index contributed by atoms with van der Waals surface area (Å²) in [6, 6.07) is 10.4. The molecule has 0 radical (unpaired) electrons. The maximum Gasteiger partial charge on any atom is 0.240 e. The van der Waals surface area contributed by atoms with E-state index in [-0.39, 0.29) is 24.1 Å². The second-order valence-electron chi connectivity index (χ2n) is 6.77. The maximum atomic E-state index is 13.0. The number of carbonyl (C=O) groups excluding carboxylic acids is 1. The van der Waals surface area contributed by atoms with Crippen LogP contribution in [0.15, 0.2) is 30.3 Å². The van der Waals surface area contributed by atoms with Gasteiger partial charge in [-0.15, -0.1) is 0 Å². The largest absolute Gasteiger partial charge is 0.377 e. The van der Waals surface area contributed by atoms with Crippen LogP contribution in [0.25, 0.3) is 0 Å². The lowest BCUT2D eigenvalue weighted by atomic mass is 10.0. The van der Waals surface area contributed by atoms with E-state index in [0.717, 1.165) is 45.4 Å². The number of nitrogens with zero attached hydrogens (tertiary/aromatic N) is 1. The van der Waals surface area contributed by atoms with Crippen molar-refractivity contribution in [1.29, 1.82) is 0 Å². The summed E-state index contributed by atoms with van der Waals surface area (Å²) < 4.78 is 5.65. The minimum absolute atomic E-state index is 0.148. The molecule has 0 saturated carbocycles. The molecule has 2 aliphatic heterocycles. The Hall–Kier alpha value is -1.39. The van der Waals surface area contributed by atoms with Crippen molar-refractivity contribution >= 4 is 5.91 Å². The first-order valence-electron chi connectivity index (χ1n) is 8.94. The molecule has 2 saturated heterocycles. The SMILES string of the molecule is C[C@@H]1OCC[C@H]1N[C@H](Cc1ccccc1)C(=O)N1CCCCC1. The van der Waals surface area contributed by atoms with Gasteiger partial charge in [-0.3, -0.25) is 4.79 Å². The lowest BCUT2D eigenvalue weighted by Gasteiger charge is -2.32. The van der Waals surface area contributed by atoms with Gasteiger partial charge in [0.1, 0.15) is 0 Å².